The molecule has 150 valence electrons. The van der Waals surface area contributed by atoms with Crippen molar-refractivity contribution in [1.29, 1.82) is 0 Å². The number of nitrogens with one attached hydrogen (secondary N) is 1. The SMILES string of the molecule is CC1CC(=O)Nc2ccccc2N1C(=O)Cn1cnc2c(oc3ccccc32)c1=O. The molecular weight excluding hydrogens is 384 g/mol. The Morgan fingerprint density at radius 1 is 1.17 bits per heavy atom. The van der Waals surface area contributed by atoms with E-state index in [2.05, 4.69) is 10.3 Å². The second-order valence-corrected chi connectivity index (χ2v) is 7.34. The molecule has 0 bridgehead atoms. The average molecular weight is 402 g/mol. The van der Waals surface area contributed by atoms with Gasteiger partial charge in [0, 0.05) is 17.8 Å². The van der Waals surface area contributed by atoms with E-state index in [0.29, 0.717) is 22.5 Å². The summed E-state index contributed by atoms with van der Waals surface area (Å²) in [5, 5.41) is 3.58. The quantitative estimate of drug-likeness (QED) is 0.556. The number of hydrogen-bond acceptors (Lipinski definition) is 5. The van der Waals surface area contributed by atoms with Crippen LogP contribution in [0, 0.1) is 0 Å². The normalized spacial score (nSPS) is 16.4. The molecule has 8 nitrogen and oxygen atoms in total. The summed E-state index contributed by atoms with van der Waals surface area (Å²) in [5.41, 5.74) is 1.91. The number of amides is 2. The van der Waals surface area contributed by atoms with Gasteiger partial charge in [-0.2, -0.15) is 0 Å². The van der Waals surface area contributed by atoms with Crippen molar-refractivity contribution < 1.29 is 14.0 Å². The van der Waals surface area contributed by atoms with E-state index in [1.807, 2.05) is 25.1 Å². The predicted octanol–water partition coefficient (Wildman–Crippen LogP) is 2.91. The molecule has 5 rings (SSSR count). The van der Waals surface area contributed by atoms with Gasteiger partial charge in [-0.25, -0.2) is 4.98 Å². The van der Waals surface area contributed by atoms with Crippen LogP contribution in [-0.2, 0) is 16.1 Å². The Kier molecular flexibility index (Phi) is 4.13. The largest absolute Gasteiger partial charge is 0.448 e. The van der Waals surface area contributed by atoms with E-state index < -0.39 is 5.56 Å². The van der Waals surface area contributed by atoms with Crippen LogP contribution in [0.5, 0.6) is 0 Å². The van der Waals surface area contributed by atoms with Crippen LogP contribution in [0.1, 0.15) is 13.3 Å². The number of aromatic nitrogens is 2. The minimum absolute atomic E-state index is 0.118. The summed E-state index contributed by atoms with van der Waals surface area (Å²) in [4.78, 5) is 44.2. The third-order valence-electron chi connectivity index (χ3n) is 5.28. The highest BCUT2D eigenvalue weighted by Gasteiger charge is 2.30. The maximum atomic E-state index is 13.2. The highest BCUT2D eigenvalue weighted by molar-refractivity contribution is 6.04. The van der Waals surface area contributed by atoms with Crippen molar-refractivity contribution in [2.24, 2.45) is 0 Å². The van der Waals surface area contributed by atoms with Crippen molar-refractivity contribution in [2.75, 3.05) is 10.2 Å². The summed E-state index contributed by atoms with van der Waals surface area (Å²) >= 11 is 0. The lowest BCUT2D eigenvalue weighted by Gasteiger charge is -2.28. The van der Waals surface area contributed by atoms with Crippen LogP contribution in [0.3, 0.4) is 0 Å². The minimum Gasteiger partial charge on any atom is -0.448 e. The zero-order valence-corrected chi connectivity index (χ0v) is 16.2. The lowest BCUT2D eigenvalue weighted by Crippen LogP contribution is -2.42. The number of carbonyl (C=O) groups is 2. The Bertz CT molecular complexity index is 1370. The molecular formula is C22H18N4O4. The topological polar surface area (TPSA) is 97.4 Å². The van der Waals surface area contributed by atoms with Gasteiger partial charge >= 0.3 is 0 Å². The lowest BCUT2D eigenvalue weighted by atomic mass is 10.1. The summed E-state index contributed by atoms with van der Waals surface area (Å²) in [6, 6.07) is 14.0. The summed E-state index contributed by atoms with van der Waals surface area (Å²) in [5.74, 6) is -0.474. The number of rotatable bonds is 2. The fourth-order valence-corrected chi connectivity index (χ4v) is 3.92. The number of carbonyl (C=O) groups excluding carboxylic acids is 2. The summed E-state index contributed by atoms with van der Waals surface area (Å²) < 4.78 is 6.93. The first-order valence-corrected chi connectivity index (χ1v) is 9.60. The average Bonchev–Trinajstić information content (AvgIpc) is 3.04. The van der Waals surface area contributed by atoms with Gasteiger partial charge in [-0.05, 0) is 31.2 Å². The molecule has 8 heteroatoms. The molecule has 1 aliphatic rings. The van der Waals surface area contributed by atoms with Crippen molar-refractivity contribution in [1.82, 2.24) is 9.55 Å². The number of para-hydroxylation sites is 3. The van der Waals surface area contributed by atoms with E-state index in [0.717, 1.165) is 5.39 Å². The zero-order chi connectivity index (χ0) is 20.8. The summed E-state index contributed by atoms with van der Waals surface area (Å²) in [7, 11) is 0. The Balaban J connectivity index is 1.54. The molecule has 2 amide bonds. The fraction of sp³-hybridized carbons (Fsp3) is 0.182. The van der Waals surface area contributed by atoms with Crippen LogP contribution in [0.4, 0.5) is 11.4 Å². The van der Waals surface area contributed by atoms with E-state index in [1.54, 1.807) is 35.2 Å². The Morgan fingerprint density at radius 2 is 1.93 bits per heavy atom. The van der Waals surface area contributed by atoms with Crippen LogP contribution >= 0.6 is 0 Å². The van der Waals surface area contributed by atoms with Crippen LogP contribution in [0.15, 0.2) is 64.1 Å². The molecule has 3 heterocycles. The van der Waals surface area contributed by atoms with Crippen molar-refractivity contribution in [3.05, 3.63) is 65.2 Å². The van der Waals surface area contributed by atoms with Crippen molar-refractivity contribution in [3.63, 3.8) is 0 Å². The molecule has 0 saturated heterocycles. The molecule has 0 radical (unpaired) electrons. The van der Waals surface area contributed by atoms with E-state index in [-0.39, 0.29) is 36.4 Å². The standard InChI is InChI=1S/C22H18N4O4/c1-13-10-18(27)24-15-7-3-4-8-16(15)26(13)19(28)11-25-12-23-20-14-6-2-5-9-17(14)30-21(20)22(25)29/h2-9,12-13H,10-11H2,1H3,(H,24,27). The van der Waals surface area contributed by atoms with Gasteiger partial charge in [0.1, 0.15) is 17.6 Å². The fourth-order valence-electron chi connectivity index (χ4n) is 3.92. The van der Waals surface area contributed by atoms with E-state index in [1.165, 1.54) is 10.9 Å². The van der Waals surface area contributed by atoms with Gasteiger partial charge in [0.2, 0.25) is 17.4 Å². The molecule has 2 aromatic heterocycles. The second-order valence-electron chi connectivity index (χ2n) is 7.34. The van der Waals surface area contributed by atoms with Gasteiger partial charge in [0.15, 0.2) is 0 Å². The molecule has 2 aromatic carbocycles. The Hall–Kier alpha value is -3.94. The number of hydrogen-bond donors (Lipinski definition) is 1. The Morgan fingerprint density at radius 3 is 2.80 bits per heavy atom. The summed E-state index contributed by atoms with van der Waals surface area (Å²) in [6.07, 6.45) is 1.53. The van der Waals surface area contributed by atoms with E-state index in [9.17, 15) is 14.4 Å². The molecule has 1 unspecified atom stereocenters. The predicted molar refractivity (Wildman–Crippen MR) is 112 cm³/mol. The molecule has 1 N–H and O–H groups in total. The molecule has 30 heavy (non-hydrogen) atoms. The number of furan rings is 1. The molecule has 0 fully saturated rings. The van der Waals surface area contributed by atoms with Gasteiger partial charge in [0.05, 0.1) is 17.7 Å². The van der Waals surface area contributed by atoms with Crippen LogP contribution in [0.2, 0.25) is 0 Å². The first-order chi connectivity index (χ1) is 14.5. The van der Waals surface area contributed by atoms with Crippen LogP contribution in [0.25, 0.3) is 22.1 Å². The molecule has 1 atom stereocenters. The van der Waals surface area contributed by atoms with Gasteiger partial charge in [-0.15, -0.1) is 0 Å². The van der Waals surface area contributed by atoms with Crippen molar-refractivity contribution in [2.45, 2.75) is 25.9 Å². The van der Waals surface area contributed by atoms with Crippen LogP contribution < -0.4 is 15.8 Å². The number of fused-ring (bicyclic) bond motifs is 4. The maximum absolute atomic E-state index is 13.2. The van der Waals surface area contributed by atoms with Gasteiger partial charge in [-0.1, -0.05) is 24.3 Å². The molecule has 0 spiro atoms. The lowest BCUT2D eigenvalue weighted by molar-refractivity contribution is -0.120. The molecule has 0 aliphatic carbocycles. The Labute approximate surface area is 170 Å². The van der Waals surface area contributed by atoms with Crippen molar-refractivity contribution >= 4 is 45.3 Å². The number of benzene rings is 2. The second kappa shape index (κ2) is 6.84. The smallest absolute Gasteiger partial charge is 0.297 e. The maximum Gasteiger partial charge on any atom is 0.297 e. The van der Waals surface area contributed by atoms with Crippen molar-refractivity contribution in [3.8, 4) is 0 Å². The number of nitrogens with zero attached hydrogens (tertiary/aromatic N) is 3. The molecule has 4 aromatic rings. The van der Waals surface area contributed by atoms with Crippen LogP contribution in [-0.4, -0.2) is 27.4 Å². The van der Waals surface area contributed by atoms with E-state index in [4.69, 9.17) is 4.42 Å². The van der Waals surface area contributed by atoms with Gasteiger partial charge < -0.3 is 14.6 Å². The first kappa shape index (κ1) is 18.1. The summed E-state index contributed by atoms with van der Waals surface area (Å²) in [6.45, 7) is 1.59. The first-order valence-electron chi connectivity index (χ1n) is 9.60. The highest BCUT2D eigenvalue weighted by Crippen LogP contribution is 2.31. The van der Waals surface area contributed by atoms with Gasteiger partial charge in [-0.3, -0.25) is 19.0 Å². The molecule has 1 aliphatic heterocycles. The molecule has 0 saturated carbocycles. The van der Waals surface area contributed by atoms with E-state index >= 15 is 0 Å². The minimum atomic E-state index is -0.422. The number of anilines is 2. The highest BCUT2D eigenvalue weighted by atomic mass is 16.3. The third kappa shape index (κ3) is 2.85. The third-order valence-corrected chi connectivity index (χ3v) is 5.28. The monoisotopic (exact) mass is 402 g/mol. The zero-order valence-electron chi connectivity index (χ0n) is 16.2. The van der Waals surface area contributed by atoms with Gasteiger partial charge in [0.25, 0.3) is 5.56 Å².